The van der Waals surface area contributed by atoms with E-state index >= 15 is 0 Å². The molecule has 0 aliphatic carbocycles. The summed E-state index contributed by atoms with van der Waals surface area (Å²) < 4.78 is 21.6. The second-order valence-electron chi connectivity index (χ2n) is 7.26. The largest absolute Gasteiger partial charge is 0.497 e. The van der Waals surface area contributed by atoms with Gasteiger partial charge in [0.05, 0.1) is 33.0 Å². The van der Waals surface area contributed by atoms with Crippen LogP contribution in [0.5, 0.6) is 11.5 Å². The Kier molecular flexibility index (Phi) is 13.9. The van der Waals surface area contributed by atoms with Crippen LogP contribution < -0.4 is 14.8 Å². The van der Waals surface area contributed by atoms with Crippen LogP contribution in [0.4, 0.5) is 0 Å². The van der Waals surface area contributed by atoms with Crippen LogP contribution in [0.25, 0.3) is 0 Å². The van der Waals surface area contributed by atoms with E-state index < -0.39 is 6.10 Å². The lowest BCUT2D eigenvalue weighted by Crippen LogP contribution is -2.47. The Hall–Kier alpha value is -1.30. The molecule has 0 aromatic heterocycles. The van der Waals surface area contributed by atoms with Crippen LogP contribution >= 0.6 is 24.0 Å². The molecule has 1 heterocycles. The number of likely N-dealkylation sites (tertiary alicyclic amines) is 1. The highest BCUT2D eigenvalue weighted by Crippen LogP contribution is 2.26. The number of ether oxygens (including phenoxy) is 4. The maximum absolute atomic E-state index is 10.7. The van der Waals surface area contributed by atoms with Crippen LogP contribution in [0, 0.1) is 0 Å². The van der Waals surface area contributed by atoms with Gasteiger partial charge in [0.1, 0.15) is 11.5 Å². The molecule has 0 amide bonds. The summed E-state index contributed by atoms with van der Waals surface area (Å²) >= 11 is 0. The maximum atomic E-state index is 10.7. The van der Waals surface area contributed by atoms with Gasteiger partial charge in [0.2, 0.25) is 0 Å². The average Bonchev–Trinajstić information content (AvgIpc) is 2.79. The van der Waals surface area contributed by atoms with Crippen molar-refractivity contribution in [3.63, 3.8) is 0 Å². The zero-order valence-electron chi connectivity index (χ0n) is 19.1. The molecule has 2 N–H and O–H groups in total. The average molecular weight is 551 g/mol. The van der Waals surface area contributed by atoms with Gasteiger partial charge in [-0.2, -0.15) is 0 Å². The number of aliphatic imine (C=N–C) groups is 1. The molecule has 0 spiro atoms. The van der Waals surface area contributed by atoms with E-state index in [-0.39, 0.29) is 36.6 Å². The van der Waals surface area contributed by atoms with Crippen molar-refractivity contribution < 1.29 is 24.1 Å². The van der Waals surface area contributed by atoms with Crippen molar-refractivity contribution in [3.8, 4) is 11.5 Å². The highest BCUT2D eigenvalue weighted by molar-refractivity contribution is 14.0. The number of aliphatic hydroxyl groups is 1. The fourth-order valence-electron chi connectivity index (χ4n) is 3.41. The lowest BCUT2D eigenvalue weighted by atomic mass is 10.1. The molecule has 1 aromatic rings. The Morgan fingerprint density at radius 2 is 1.77 bits per heavy atom. The number of hydrogen-bond donors (Lipinski definition) is 2. The molecule has 1 aliphatic heterocycles. The Morgan fingerprint density at radius 3 is 2.32 bits per heavy atom. The fraction of sp³-hybridized carbons (Fsp3) is 0.682. The van der Waals surface area contributed by atoms with Crippen molar-refractivity contribution in [1.82, 2.24) is 10.2 Å². The second-order valence-corrected chi connectivity index (χ2v) is 7.26. The molecule has 0 radical (unpaired) electrons. The van der Waals surface area contributed by atoms with E-state index in [9.17, 15) is 5.11 Å². The second kappa shape index (κ2) is 15.5. The van der Waals surface area contributed by atoms with Gasteiger partial charge in [-0.3, -0.25) is 4.99 Å². The molecule has 1 aliphatic rings. The lowest BCUT2D eigenvalue weighted by Gasteiger charge is -2.34. The van der Waals surface area contributed by atoms with Crippen molar-refractivity contribution >= 4 is 29.9 Å². The van der Waals surface area contributed by atoms with Crippen LogP contribution in [0.15, 0.2) is 23.2 Å². The van der Waals surface area contributed by atoms with Crippen molar-refractivity contribution in [2.45, 2.75) is 38.4 Å². The van der Waals surface area contributed by atoms with E-state index in [1.165, 1.54) is 0 Å². The normalized spacial score (nSPS) is 15.9. The first-order chi connectivity index (χ1) is 14.6. The molecular formula is C22H38IN3O5. The van der Waals surface area contributed by atoms with Gasteiger partial charge in [-0.15, -0.1) is 24.0 Å². The Morgan fingerprint density at radius 1 is 1.13 bits per heavy atom. The minimum atomic E-state index is -0.746. The van der Waals surface area contributed by atoms with Gasteiger partial charge < -0.3 is 34.3 Å². The first-order valence-electron chi connectivity index (χ1n) is 10.7. The SMILES string of the molecule is CCNC(=NCC(O)c1cc(OC)cc(OC)c1)N1CCC(OCCCOC)CC1.I. The van der Waals surface area contributed by atoms with E-state index in [1.54, 1.807) is 27.4 Å². The molecule has 1 fully saturated rings. The number of aliphatic hydroxyl groups excluding tert-OH is 1. The van der Waals surface area contributed by atoms with E-state index in [2.05, 4.69) is 15.2 Å². The summed E-state index contributed by atoms with van der Waals surface area (Å²) in [6.45, 7) is 6.31. The number of methoxy groups -OCH3 is 3. The predicted octanol–water partition coefficient (Wildman–Crippen LogP) is 2.84. The molecular weight excluding hydrogens is 513 g/mol. The molecule has 31 heavy (non-hydrogen) atoms. The molecule has 1 unspecified atom stereocenters. The third-order valence-corrected chi connectivity index (χ3v) is 5.10. The van der Waals surface area contributed by atoms with Gasteiger partial charge in [-0.25, -0.2) is 0 Å². The summed E-state index contributed by atoms with van der Waals surface area (Å²) in [7, 11) is 4.90. The zero-order valence-corrected chi connectivity index (χ0v) is 21.5. The molecule has 0 bridgehead atoms. The van der Waals surface area contributed by atoms with Gasteiger partial charge in [0, 0.05) is 46.0 Å². The van der Waals surface area contributed by atoms with Crippen molar-refractivity contribution in [2.24, 2.45) is 4.99 Å². The topological polar surface area (TPSA) is 84.8 Å². The van der Waals surface area contributed by atoms with Crippen LogP contribution in [0.2, 0.25) is 0 Å². The minimum Gasteiger partial charge on any atom is -0.497 e. The first kappa shape index (κ1) is 27.7. The number of guanidine groups is 1. The van der Waals surface area contributed by atoms with Gasteiger partial charge in [0.15, 0.2) is 5.96 Å². The Bertz CT molecular complexity index is 632. The Balaban J connectivity index is 0.00000480. The molecule has 178 valence electrons. The summed E-state index contributed by atoms with van der Waals surface area (Å²) in [5.74, 6) is 2.11. The number of piperidine rings is 1. The van der Waals surface area contributed by atoms with Crippen LogP contribution in [0.3, 0.4) is 0 Å². The van der Waals surface area contributed by atoms with Gasteiger partial charge >= 0.3 is 0 Å². The van der Waals surface area contributed by atoms with E-state index in [4.69, 9.17) is 18.9 Å². The van der Waals surface area contributed by atoms with E-state index in [0.29, 0.717) is 17.1 Å². The number of benzene rings is 1. The molecule has 1 aromatic carbocycles. The number of rotatable bonds is 11. The summed E-state index contributed by atoms with van der Waals surface area (Å²) in [6, 6.07) is 5.40. The smallest absolute Gasteiger partial charge is 0.194 e. The van der Waals surface area contributed by atoms with Gasteiger partial charge in [0.25, 0.3) is 0 Å². The number of nitrogens with zero attached hydrogens (tertiary/aromatic N) is 2. The van der Waals surface area contributed by atoms with Crippen molar-refractivity contribution in [3.05, 3.63) is 23.8 Å². The molecule has 9 heteroatoms. The first-order valence-corrected chi connectivity index (χ1v) is 10.7. The van der Waals surface area contributed by atoms with E-state index in [1.807, 2.05) is 19.1 Å². The third-order valence-electron chi connectivity index (χ3n) is 5.10. The molecule has 1 atom stereocenters. The Labute approximate surface area is 203 Å². The summed E-state index contributed by atoms with van der Waals surface area (Å²) in [5, 5.41) is 14.0. The van der Waals surface area contributed by atoms with Crippen LogP contribution in [-0.2, 0) is 9.47 Å². The fourth-order valence-corrected chi connectivity index (χ4v) is 3.41. The van der Waals surface area contributed by atoms with Crippen molar-refractivity contribution in [2.75, 3.05) is 60.7 Å². The lowest BCUT2D eigenvalue weighted by molar-refractivity contribution is 0.00986. The molecule has 1 saturated heterocycles. The van der Waals surface area contributed by atoms with Gasteiger partial charge in [-0.05, 0) is 43.9 Å². The van der Waals surface area contributed by atoms with Crippen LogP contribution in [-0.4, -0.2) is 82.8 Å². The molecule has 2 rings (SSSR count). The predicted molar refractivity (Wildman–Crippen MR) is 133 cm³/mol. The standard InChI is InChI=1S/C22H37N3O5.HI/c1-5-23-22(25-9-7-18(8-10-25)30-12-6-11-27-2)24-16-21(26)17-13-19(28-3)15-20(14-17)29-4;/h13-15,18,21,26H,5-12,16H2,1-4H3,(H,23,24);1H. The highest BCUT2D eigenvalue weighted by Gasteiger charge is 2.22. The van der Waals surface area contributed by atoms with Crippen LogP contribution in [0.1, 0.15) is 37.9 Å². The quantitative estimate of drug-likeness (QED) is 0.190. The number of hydrogen-bond acceptors (Lipinski definition) is 6. The molecule has 0 saturated carbocycles. The minimum absolute atomic E-state index is 0. The number of halogens is 1. The number of nitrogens with one attached hydrogen (secondary N) is 1. The van der Waals surface area contributed by atoms with E-state index in [0.717, 1.165) is 58.1 Å². The highest BCUT2D eigenvalue weighted by atomic mass is 127. The zero-order chi connectivity index (χ0) is 21.8. The summed E-state index contributed by atoms with van der Waals surface area (Å²) in [6.07, 6.45) is 2.40. The maximum Gasteiger partial charge on any atom is 0.194 e. The monoisotopic (exact) mass is 551 g/mol. The van der Waals surface area contributed by atoms with Crippen molar-refractivity contribution in [1.29, 1.82) is 0 Å². The molecule has 8 nitrogen and oxygen atoms in total. The summed E-state index contributed by atoms with van der Waals surface area (Å²) in [5.41, 5.74) is 0.717. The summed E-state index contributed by atoms with van der Waals surface area (Å²) in [4.78, 5) is 6.91. The third kappa shape index (κ3) is 9.38. The van der Waals surface area contributed by atoms with Gasteiger partial charge in [-0.1, -0.05) is 0 Å².